The number of nitriles is 1. The van der Waals surface area contributed by atoms with Crippen molar-refractivity contribution in [1.29, 1.82) is 5.26 Å². The zero-order valence-electron chi connectivity index (χ0n) is 10.6. The summed E-state index contributed by atoms with van der Waals surface area (Å²) in [5.41, 5.74) is 2.15. The van der Waals surface area contributed by atoms with Gasteiger partial charge in [-0.25, -0.2) is 0 Å². The van der Waals surface area contributed by atoms with Gasteiger partial charge < -0.3 is 5.32 Å². The van der Waals surface area contributed by atoms with Gasteiger partial charge >= 0.3 is 0 Å². The summed E-state index contributed by atoms with van der Waals surface area (Å²) in [5, 5.41) is 12.4. The third-order valence-electron chi connectivity index (χ3n) is 2.65. The van der Waals surface area contributed by atoms with Crippen LogP contribution in [0.3, 0.4) is 0 Å². The molecule has 2 aromatic rings. The number of carbonyl (C=O) groups excluding carboxylic acids is 1. The molecule has 0 spiro atoms. The molecule has 0 saturated heterocycles. The Balaban J connectivity index is 2.30. The summed E-state index contributed by atoms with van der Waals surface area (Å²) in [5.74, 6) is -0.326. The Bertz CT molecular complexity index is 700. The lowest BCUT2D eigenvalue weighted by Gasteiger charge is -2.08. The maximum Gasteiger partial charge on any atom is 0.255 e. The van der Waals surface area contributed by atoms with Crippen LogP contribution in [0.4, 0.5) is 5.69 Å². The van der Waals surface area contributed by atoms with Crippen LogP contribution in [0.15, 0.2) is 36.4 Å². The lowest BCUT2D eigenvalue weighted by Crippen LogP contribution is -2.12. The Labute approximate surface area is 126 Å². The molecule has 0 fully saturated rings. The average Bonchev–Trinajstić information content (AvgIpc) is 2.40. The number of nitrogens with one attached hydrogen (secondary N) is 1. The third-order valence-corrected chi connectivity index (χ3v) is 3.20. The van der Waals surface area contributed by atoms with E-state index in [-0.39, 0.29) is 5.91 Å². The van der Waals surface area contributed by atoms with E-state index in [4.69, 9.17) is 28.5 Å². The van der Waals surface area contributed by atoms with Crippen LogP contribution in [-0.4, -0.2) is 5.91 Å². The molecule has 0 unspecified atom stereocenters. The van der Waals surface area contributed by atoms with Gasteiger partial charge in [-0.05, 0) is 48.9 Å². The summed E-state index contributed by atoms with van der Waals surface area (Å²) in [6, 6.07) is 11.7. The zero-order chi connectivity index (χ0) is 14.7. The van der Waals surface area contributed by atoms with Crippen LogP contribution in [0.5, 0.6) is 0 Å². The van der Waals surface area contributed by atoms with E-state index in [1.54, 1.807) is 30.3 Å². The van der Waals surface area contributed by atoms with Gasteiger partial charge in [-0.15, -0.1) is 0 Å². The first-order valence-corrected chi connectivity index (χ1v) is 6.53. The monoisotopic (exact) mass is 304 g/mol. The average molecular weight is 305 g/mol. The molecule has 0 aliphatic carbocycles. The molecule has 0 aromatic heterocycles. The first-order valence-electron chi connectivity index (χ1n) is 5.78. The Morgan fingerprint density at radius 2 is 1.95 bits per heavy atom. The van der Waals surface area contributed by atoms with E-state index in [0.717, 1.165) is 5.56 Å². The van der Waals surface area contributed by atoms with E-state index in [1.807, 2.05) is 13.0 Å². The van der Waals surface area contributed by atoms with Crippen molar-refractivity contribution in [3.05, 3.63) is 63.1 Å². The molecular weight excluding hydrogens is 295 g/mol. The van der Waals surface area contributed by atoms with Crippen molar-refractivity contribution in [3.63, 3.8) is 0 Å². The molecule has 0 atom stereocenters. The fourth-order valence-corrected chi connectivity index (χ4v) is 2.21. The number of amides is 1. The predicted octanol–water partition coefficient (Wildman–Crippen LogP) is 4.43. The molecule has 20 heavy (non-hydrogen) atoms. The number of aryl methyl sites for hydroxylation is 1. The molecule has 0 bridgehead atoms. The van der Waals surface area contributed by atoms with Gasteiger partial charge in [0.2, 0.25) is 0 Å². The molecule has 2 rings (SSSR count). The van der Waals surface area contributed by atoms with Crippen molar-refractivity contribution in [2.75, 3.05) is 5.32 Å². The van der Waals surface area contributed by atoms with Gasteiger partial charge in [-0.1, -0.05) is 23.2 Å². The summed E-state index contributed by atoms with van der Waals surface area (Å²) < 4.78 is 0. The zero-order valence-corrected chi connectivity index (χ0v) is 12.1. The fourth-order valence-electron chi connectivity index (χ4n) is 1.75. The third kappa shape index (κ3) is 3.30. The van der Waals surface area contributed by atoms with Crippen LogP contribution in [0.2, 0.25) is 10.0 Å². The Kier molecular flexibility index (Phi) is 4.29. The van der Waals surface area contributed by atoms with Crippen LogP contribution in [0, 0.1) is 18.3 Å². The first-order chi connectivity index (χ1) is 9.49. The molecular formula is C15H10Cl2N2O. The number of hydrogen-bond donors (Lipinski definition) is 1. The number of nitrogens with zero attached hydrogens (tertiary/aromatic N) is 1. The van der Waals surface area contributed by atoms with Crippen molar-refractivity contribution in [2.24, 2.45) is 0 Å². The number of carbonyl (C=O) groups is 1. The highest BCUT2D eigenvalue weighted by Gasteiger charge is 2.10. The number of hydrogen-bond acceptors (Lipinski definition) is 2. The molecule has 3 nitrogen and oxygen atoms in total. The highest BCUT2D eigenvalue weighted by molar-refractivity contribution is 6.34. The highest BCUT2D eigenvalue weighted by Crippen LogP contribution is 2.24. The Hall–Kier alpha value is -2.02. The maximum atomic E-state index is 12.2. The molecule has 1 N–H and O–H groups in total. The summed E-state index contributed by atoms with van der Waals surface area (Å²) >= 11 is 11.9. The predicted molar refractivity (Wildman–Crippen MR) is 80.3 cm³/mol. The van der Waals surface area contributed by atoms with Gasteiger partial charge in [0.05, 0.1) is 22.3 Å². The molecule has 100 valence electrons. The van der Waals surface area contributed by atoms with Gasteiger partial charge in [0.15, 0.2) is 0 Å². The molecule has 0 saturated carbocycles. The van der Waals surface area contributed by atoms with E-state index in [9.17, 15) is 4.79 Å². The topological polar surface area (TPSA) is 52.9 Å². The minimum atomic E-state index is -0.326. The lowest BCUT2D eigenvalue weighted by molar-refractivity contribution is 0.102. The summed E-state index contributed by atoms with van der Waals surface area (Å²) in [6.45, 7) is 1.85. The number of rotatable bonds is 2. The molecule has 0 aliphatic heterocycles. The molecule has 0 heterocycles. The smallest absolute Gasteiger partial charge is 0.255 e. The first kappa shape index (κ1) is 14.4. The van der Waals surface area contributed by atoms with Gasteiger partial charge in [0.25, 0.3) is 5.91 Å². The summed E-state index contributed by atoms with van der Waals surface area (Å²) in [7, 11) is 0. The van der Waals surface area contributed by atoms with E-state index in [0.29, 0.717) is 26.9 Å². The quantitative estimate of drug-likeness (QED) is 0.892. The van der Waals surface area contributed by atoms with Crippen LogP contribution >= 0.6 is 23.2 Å². The second kappa shape index (κ2) is 5.96. The second-order valence-corrected chi connectivity index (χ2v) is 5.12. The molecule has 2 aromatic carbocycles. The van der Waals surface area contributed by atoms with E-state index >= 15 is 0 Å². The number of benzene rings is 2. The van der Waals surface area contributed by atoms with Gasteiger partial charge in [-0.3, -0.25) is 4.79 Å². The molecule has 5 heteroatoms. The van der Waals surface area contributed by atoms with Gasteiger partial charge in [0, 0.05) is 10.6 Å². The fraction of sp³-hybridized carbons (Fsp3) is 0.0667. The van der Waals surface area contributed by atoms with Gasteiger partial charge in [0.1, 0.15) is 0 Å². The van der Waals surface area contributed by atoms with Crippen LogP contribution < -0.4 is 5.32 Å². The Morgan fingerprint density at radius 1 is 1.20 bits per heavy atom. The molecule has 1 amide bonds. The van der Waals surface area contributed by atoms with Crippen LogP contribution in [0.25, 0.3) is 0 Å². The highest BCUT2D eigenvalue weighted by atomic mass is 35.5. The van der Waals surface area contributed by atoms with Gasteiger partial charge in [-0.2, -0.15) is 5.26 Å². The molecule has 0 aliphatic rings. The van der Waals surface area contributed by atoms with Crippen molar-refractivity contribution in [3.8, 4) is 6.07 Å². The Morgan fingerprint density at radius 3 is 2.60 bits per heavy atom. The summed E-state index contributed by atoms with van der Waals surface area (Å²) in [6.07, 6.45) is 0. The van der Waals surface area contributed by atoms with Crippen molar-refractivity contribution >= 4 is 34.8 Å². The largest absolute Gasteiger partial charge is 0.321 e. The van der Waals surface area contributed by atoms with Crippen molar-refractivity contribution in [2.45, 2.75) is 6.92 Å². The lowest BCUT2D eigenvalue weighted by atomic mass is 10.1. The van der Waals surface area contributed by atoms with E-state index in [2.05, 4.69) is 5.32 Å². The number of halogens is 2. The SMILES string of the molecule is Cc1cc(Cl)cc(C(=O)Nc2cc(C#N)ccc2Cl)c1. The minimum absolute atomic E-state index is 0.326. The van der Waals surface area contributed by atoms with E-state index < -0.39 is 0 Å². The molecule has 0 radical (unpaired) electrons. The van der Waals surface area contributed by atoms with Crippen molar-refractivity contribution in [1.82, 2.24) is 0 Å². The standard InChI is InChI=1S/C15H10Cl2N2O/c1-9-4-11(7-12(16)5-9)15(20)19-14-6-10(8-18)2-3-13(14)17/h2-7H,1H3,(H,19,20). The summed E-state index contributed by atoms with van der Waals surface area (Å²) in [4.78, 5) is 12.2. The number of anilines is 1. The second-order valence-electron chi connectivity index (χ2n) is 4.28. The van der Waals surface area contributed by atoms with Crippen molar-refractivity contribution < 1.29 is 4.79 Å². The maximum absolute atomic E-state index is 12.2. The van der Waals surface area contributed by atoms with Crippen LogP contribution in [-0.2, 0) is 0 Å². The van der Waals surface area contributed by atoms with Crippen LogP contribution in [0.1, 0.15) is 21.5 Å². The van der Waals surface area contributed by atoms with E-state index in [1.165, 1.54) is 6.07 Å². The normalized spacial score (nSPS) is 9.90. The minimum Gasteiger partial charge on any atom is -0.321 e.